The second-order valence-electron chi connectivity index (χ2n) is 6.77. The molecule has 0 aliphatic heterocycles. The van der Waals surface area contributed by atoms with Crippen LogP contribution in [0.2, 0.25) is 0 Å². The van der Waals surface area contributed by atoms with E-state index in [-0.39, 0.29) is 5.56 Å². The number of aliphatic hydroxyl groups is 1. The van der Waals surface area contributed by atoms with Crippen LogP contribution in [0.25, 0.3) is 0 Å². The molecule has 0 aliphatic rings. The summed E-state index contributed by atoms with van der Waals surface area (Å²) in [7, 11) is 0. The maximum Gasteiger partial charge on any atom is 0.334 e. The molecule has 0 fully saturated rings. The molecule has 0 saturated heterocycles. The highest BCUT2D eigenvalue weighted by atomic mass is 16.4. The number of nitrogens with zero attached hydrogens (tertiary/aromatic N) is 1. The van der Waals surface area contributed by atoms with Crippen molar-refractivity contribution in [2.75, 3.05) is 6.54 Å². The van der Waals surface area contributed by atoms with Crippen molar-refractivity contribution in [3.8, 4) is 0 Å². The Hall–Kier alpha value is -4.31. The molecular formula is C22H20N4O6. The van der Waals surface area contributed by atoms with Crippen molar-refractivity contribution in [2.24, 2.45) is 0 Å². The smallest absolute Gasteiger partial charge is 0.334 e. The molecule has 2 amide bonds. The zero-order valence-electron chi connectivity index (χ0n) is 16.7. The van der Waals surface area contributed by atoms with Crippen LogP contribution in [0.4, 0.5) is 0 Å². The highest BCUT2D eigenvalue weighted by Gasteiger charge is 2.21. The Morgan fingerprint density at radius 3 is 2.00 bits per heavy atom. The number of amides is 2. The number of carbonyl (C=O) groups is 3. The largest absolute Gasteiger partial charge is 0.479 e. The number of aromatic nitrogens is 2. The highest BCUT2D eigenvalue weighted by Crippen LogP contribution is 2.22. The number of aliphatic carboxylic acids is 1. The number of H-pyrrole nitrogens is 1. The standard InChI is InChI=1S/C22H20N4O6/c27-16(22(31)32)12-24-21(30)18-23-11-15(20(29)26-18)19(28)25-17(13-7-3-1-4-8-13)14-9-5-2-6-10-14/h1-11,16-17,27H,12H2,(H,24,30)(H,25,28)(H,31,32)(H,23,26,29)/t16-/m0/s1. The van der Waals surface area contributed by atoms with E-state index in [0.717, 1.165) is 17.3 Å². The third kappa shape index (κ3) is 5.43. The summed E-state index contributed by atoms with van der Waals surface area (Å²) in [4.78, 5) is 53.8. The van der Waals surface area contributed by atoms with Crippen molar-refractivity contribution in [3.63, 3.8) is 0 Å². The summed E-state index contributed by atoms with van der Waals surface area (Å²) in [5, 5.41) is 22.8. The minimum Gasteiger partial charge on any atom is -0.479 e. The van der Waals surface area contributed by atoms with Crippen LogP contribution in [0.3, 0.4) is 0 Å². The van der Waals surface area contributed by atoms with Gasteiger partial charge in [-0.25, -0.2) is 9.78 Å². The molecule has 1 aromatic heterocycles. The van der Waals surface area contributed by atoms with Crippen molar-refractivity contribution in [2.45, 2.75) is 12.1 Å². The minimum absolute atomic E-state index is 0.302. The summed E-state index contributed by atoms with van der Waals surface area (Å²) in [6.45, 7) is -0.573. The van der Waals surface area contributed by atoms with Crippen molar-refractivity contribution in [1.82, 2.24) is 20.6 Å². The van der Waals surface area contributed by atoms with E-state index in [1.165, 1.54) is 0 Å². The summed E-state index contributed by atoms with van der Waals surface area (Å²) >= 11 is 0. The third-order valence-electron chi connectivity index (χ3n) is 4.54. The molecule has 10 nitrogen and oxygen atoms in total. The van der Waals surface area contributed by atoms with Crippen LogP contribution in [0, 0.1) is 0 Å². The molecule has 3 aromatic rings. The summed E-state index contributed by atoms with van der Waals surface area (Å²) in [6, 6.07) is 17.9. The van der Waals surface area contributed by atoms with Crippen molar-refractivity contribution < 1.29 is 24.6 Å². The van der Waals surface area contributed by atoms with Crippen LogP contribution >= 0.6 is 0 Å². The molecule has 0 spiro atoms. The van der Waals surface area contributed by atoms with Crippen molar-refractivity contribution in [1.29, 1.82) is 0 Å². The molecule has 3 rings (SSSR count). The maximum absolute atomic E-state index is 12.8. The van der Waals surface area contributed by atoms with E-state index in [0.29, 0.717) is 0 Å². The molecule has 0 bridgehead atoms. The van der Waals surface area contributed by atoms with E-state index in [1.54, 1.807) is 0 Å². The van der Waals surface area contributed by atoms with Gasteiger partial charge >= 0.3 is 5.97 Å². The molecule has 1 atom stereocenters. The van der Waals surface area contributed by atoms with Crippen LogP contribution in [0.15, 0.2) is 71.7 Å². The molecule has 1 heterocycles. The van der Waals surface area contributed by atoms with Gasteiger partial charge in [0, 0.05) is 6.20 Å². The molecule has 0 unspecified atom stereocenters. The summed E-state index contributed by atoms with van der Waals surface area (Å²) in [5.74, 6) is -3.53. The lowest BCUT2D eigenvalue weighted by Crippen LogP contribution is -2.38. The maximum atomic E-state index is 12.8. The highest BCUT2D eigenvalue weighted by molar-refractivity contribution is 5.95. The molecule has 0 radical (unpaired) electrons. The Bertz CT molecular complexity index is 1120. The Labute approximate surface area is 182 Å². The second-order valence-corrected chi connectivity index (χ2v) is 6.77. The lowest BCUT2D eigenvalue weighted by molar-refractivity contribution is -0.146. The Morgan fingerprint density at radius 1 is 0.938 bits per heavy atom. The van der Waals surface area contributed by atoms with Gasteiger partial charge in [0.25, 0.3) is 17.4 Å². The molecule has 10 heteroatoms. The molecule has 0 aliphatic carbocycles. The summed E-state index contributed by atoms with van der Waals surface area (Å²) in [6.07, 6.45) is -0.840. The number of aliphatic hydroxyl groups excluding tert-OH is 1. The number of aromatic amines is 1. The van der Waals surface area contributed by atoms with Crippen LogP contribution in [0.1, 0.15) is 38.1 Å². The first kappa shape index (κ1) is 22.4. The fourth-order valence-electron chi connectivity index (χ4n) is 2.89. The predicted molar refractivity (Wildman–Crippen MR) is 113 cm³/mol. The molecule has 32 heavy (non-hydrogen) atoms. The first-order valence-corrected chi connectivity index (χ1v) is 9.56. The minimum atomic E-state index is -1.80. The number of benzene rings is 2. The monoisotopic (exact) mass is 436 g/mol. The number of hydrogen-bond acceptors (Lipinski definition) is 6. The first-order valence-electron chi connectivity index (χ1n) is 9.56. The third-order valence-corrected chi connectivity index (χ3v) is 4.54. The van der Waals surface area contributed by atoms with Crippen LogP contribution < -0.4 is 16.2 Å². The zero-order chi connectivity index (χ0) is 23.1. The first-order chi connectivity index (χ1) is 15.4. The van der Waals surface area contributed by atoms with Crippen LogP contribution in [-0.2, 0) is 4.79 Å². The quantitative estimate of drug-likeness (QED) is 0.343. The van der Waals surface area contributed by atoms with Gasteiger partial charge in [0.2, 0.25) is 0 Å². The van der Waals surface area contributed by atoms with E-state index in [2.05, 4.69) is 20.6 Å². The fourth-order valence-corrected chi connectivity index (χ4v) is 2.89. The summed E-state index contributed by atoms with van der Waals surface area (Å²) in [5.41, 5.74) is 0.471. The van der Waals surface area contributed by atoms with Gasteiger partial charge in [0.1, 0.15) is 5.56 Å². The Morgan fingerprint density at radius 2 is 1.50 bits per heavy atom. The Kier molecular flexibility index (Phi) is 7.09. The molecule has 5 N–H and O–H groups in total. The van der Waals surface area contributed by atoms with Crippen LogP contribution in [-0.4, -0.2) is 50.6 Å². The van der Waals surface area contributed by atoms with Gasteiger partial charge in [0.05, 0.1) is 12.6 Å². The number of carbonyl (C=O) groups excluding carboxylic acids is 2. The topological polar surface area (TPSA) is 161 Å². The van der Waals surface area contributed by atoms with Crippen LogP contribution in [0.5, 0.6) is 0 Å². The number of carboxylic acid groups (broad SMARTS) is 1. The van der Waals surface area contributed by atoms with E-state index in [1.807, 2.05) is 60.7 Å². The zero-order valence-corrected chi connectivity index (χ0v) is 16.7. The molecule has 2 aromatic carbocycles. The predicted octanol–water partition coefficient (Wildman–Crippen LogP) is 0.465. The van der Waals surface area contributed by atoms with Gasteiger partial charge in [-0.05, 0) is 11.1 Å². The van der Waals surface area contributed by atoms with Gasteiger partial charge in [-0.1, -0.05) is 60.7 Å². The van der Waals surface area contributed by atoms with E-state index >= 15 is 0 Å². The summed E-state index contributed by atoms with van der Waals surface area (Å²) < 4.78 is 0. The number of hydrogen-bond donors (Lipinski definition) is 5. The van der Waals surface area contributed by atoms with E-state index in [4.69, 9.17) is 5.11 Å². The van der Waals surface area contributed by atoms with Gasteiger partial charge in [-0.2, -0.15) is 0 Å². The SMILES string of the molecule is O=C(NC[C@H](O)C(=O)O)c1ncc(C(=O)NC(c2ccccc2)c2ccccc2)c(=O)[nH]1. The Balaban J connectivity index is 1.78. The van der Waals surface area contributed by atoms with Gasteiger partial charge in [-0.3, -0.25) is 14.4 Å². The van der Waals surface area contributed by atoms with Gasteiger partial charge in [-0.15, -0.1) is 0 Å². The van der Waals surface area contributed by atoms with Crippen molar-refractivity contribution in [3.05, 3.63) is 99.7 Å². The number of nitrogens with one attached hydrogen (secondary N) is 3. The van der Waals surface area contributed by atoms with Crippen molar-refractivity contribution >= 4 is 17.8 Å². The normalized spacial score (nSPS) is 11.6. The molecular weight excluding hydrogens is 416 g/mol. The molecule has 164 valence electrons. The molecule has 0 saturated carbocycles. The second kappa shape index (κ2) is 10.1. The number of carboxylic acids is 1. The fraction of sp³-hybridized carbons (Fsp3) is 0.136. The lowest BCUT2D eigenvalue weighted by atomic mass is 9.98. The van der Waals surface area contributed by atoms with E-state index < -0.39 is 47.9 Å². The number of rotatable bonds is 8. The van der Waals surface area contributed by atoms with Gasteiger partial charge in [0.15, 0.2) is 11.9 Å². The average Bonchev–Trinajstić information content (AvgIpc) is 2.81. The van der Waals surface area contributed by atoms with Gasteiger partial charge < -0.3 is 25.8 Å². The van der Waals surface area contributed by atoms with E-state index in [9.17, 15) is 24.3 Å². The average molecular weight is 436 g/mol. The lowest BCUT2D eigenvalue weighted by Gasteiger charge is -2.19.